The zero-order valence-electron chi connectivity index (χ0n) is 12.4. The van der Waals surface area contributed by atoms with E-state index in [2.05, 4.69) is 10.3 Å². The van der Waals surface area contributed by atoms with Gasteiger partial charge in [0.15, 0.2) is 0 Å². The Morgan fingerprint density at radius 3 is 2.64 bits per heavy atom. The highest BCUT2D eigenvalue weighted by Gasteiger charge is 2.31. The van der Waals surface area contributed by atoms with Crippen LogP contribution in [0.15, 0.2) is 24.5 Å². The molecule has 7 heteroatoms. The van der Waals surface area contributed by atoms with E-state index in [1.165, 1.54) is 0 Å². The Bertz CT molecular complexity index is 523. The molecule has 2 aliphatic rings. The molecule has 1 unspecified atom stereocenters. The molecule has 1 aromatic rings. The molecule has 2 saturated heterocycles. The van der Waals surface area contributed by atoms with Crippen LogP contribution in [-0.4, -0.2) is 65.6 Å². The van der Waals surface area contributed by atoms with E-state index in [1.807, 2.05) is 0 Å². The van der Waals surface area contributed by atoms with Crippen molar-refractivity contribution >= 4 is 17.6 Å². The number of carbonyl (C=O) groups is 2. The molecule has 1 atom stereocenters. The SMILES string of the molecule is O=C(Nc1cccnc1)N1CCN(C(=O)C2CCCO2)CC1. The van der Waals surface area contributed by atoms with Gasteiger partial charge in [-0.2, -0.15) is 0 Å². The monoisotopic (exact) mass is 304 g/mol. The van der Waals surface area contributed by atoms with Gasteiger partial charge in [0.05, 0.1) is 11.9 Å². The number of ether oxygens (including phenoxy) is 1. The van der Waals surface area contributed by atoms with Crippen LogP contribution in [0, 0.1) is 0 Å². The lowest BCUT2D eigenvalue weighted by Crippen LogP contribution is -2.53. The highest BCUT2D eigenvalue weighted by molar-refractivity contribution is 5.89. The highest BCUT2D eigenvalue weighted by atomic mass is 16.5. The first-order chi connectivity index (χ1) is 10.7. The number of anilines is 1. The van der Waals surface area contributed by atoms with E-state index in [0.717, 1.165) is 12.8 Å². The lowest BCUT2D eigenvalue weighted by molar-refractivity contribution is -0.142. The first kappa shape index (κ1) is 14.8. The first-order valence-electron chi connectivity index (χ1n) is 7.60. The van der Waals surface area contributed by atoms with Crippen LogP contribution in [0.5, 0.6) is 0 Å². The second-order valence-electron chi connectivity index (χ2n) is 5.49. The Balaban J connectivity index is 1.48. The number of amides is 3. The molecule has 0 aromatic carbocycles. The molecule has 3 amide bonds. The van der Waals surface area contributed by atoms with Crippen molar-refractivity contribution in [1.82, 2.24) is 14.8 Å². The largest absolute Gasteiger partial charge is 0.368 e. The van der Waals surface area contributed by atoms with Gasteiger partial charge >= 0.3 is 6.03 Å². The van der Waals surface area contributed by atoms with Crippen molar-refractivity contribution in [2.75, 3.05) is 38.1 Å². The molecule has 2 fully saturated rings. The number of hydrogen-bond acceptors (Lipinski definition) is 4. The van der Waals surface area contributed by atoms with Crippen LogP contribution in [0.1, 0.15) is 12.8 Å². The summed E-state index contributed by atoms with van der Waals surface area (Å²) >= 11 is 0. The van der Waals surface area contributed by atoms with Gasteiger partial charge in [-0.3, -0.25) is 9.78 Å². The summed E-state index contributed by atoms with van der Waals surface area (Å²) in [5.41, 5.74) is 0.672. The summed E-state index contributed by atoms with van der Waals surface area (Å²) in [4.78, 5) is 31.9. The fourth-order valence-corrected chi connectivity index (χ4v) is 2.75. The van der Waals surface area contributed by atoms with Gasteiger partial charge in [0, 0.05) is 39.0 Å². The average Bonchev–Trinajstić information content (AvgIpc) is 3.10. The fourth-order valence-electron chi connectivity index (χ4n) is 2.75. The standard InChI is InChI=1S/C15H20N4O3/c20-14(13-4-2-10-22-13)18-6-8-19(9-7-18)15(21)17-12-3-1-5-16-11-12/h1,3,5,11,13H,2,4,6-10H2,(H,17,21). The molecule has 0 radical (unpaired) electrons. The van der Waals surface area contributed by atoms with Gasteiger partial charge in [-0.15, -0.1) is 0 Å². The second-order valence-corrected chi connectivity index (χ2v) is 5.49. The van der Waals surface area contributed by atoms with E-state index in [9.17, 15) is 9.59 Å². The third-order valence-electron chi connectivity index (χ3n) is 4.00. The van der Waals surface area contributed by atoms with Crippen molar-refractivity contribution in [1.29, 1.82) is 0 Å². The third-order valence-corrected chi connectivity index (χ3v) is 4.00. The lowest BCUT2D eigenvalue weighted by Gasteiger charge is -2.35. The van der Waals surface area contributed by atoms with E-state index in [-0.39, 0.29) is 18.0 Å². The minimum absolute atomic E-state index is 0.0600. The van der Waals surface area contributed by atoms with Crippen molar-refractivity contribution < 1.29 is 14.3 Å². The zero-order chi connectivity index (χ0) is 15.4. The highest BCUT2D eigenvalue weighted by Crippen LogP contribution is 2.16. The number of hydrogen-bond donors (Lipinski definition) is 1. The van der Waals surface area contributed by atoms with Gasteiger partial charge in [-0.25, -0.2) is 4.79 Å². The number of carbonyl (C=O) groups excluding carboxylic acids is 2. The summed E-state index contributed by atoms with van der Waals surface area (Å²) < 4.78 is 5.43. The summed E-state index contributed by atoms with van der Waals surface area (Å²) in [6.07, 6.45) is 4.74. The number of pyridine rings is 1. The van der Waals surface area contributed by atoms with E-state index in [1.54, 1.807) is 34.3 Å². The summed E-state index contributed by atoms with van der Waals surface area (Å²) in [5.74, 6) is 0.0600. The molecule has 3 rings (SSSR count). The van der Waals surface area contributed by atoms with Crippen LogP contribution >= 0.6 is 0 Å². The van der Waals surface area contributed by atoms with Gasteiger partial charge in [0.25, 0.3) is 5.91 Å². The van der Waals surface area contributed by atoms with Gasteiger partial charge in [-0.05, 0) is 25.0 Å². The summed E-state index contributed by atoms with van der Waals surface area (Å²) in [7, 11) is 0. The molecular weight excluding hydrogens is 284 g/mol. The minimum atomic E-state index is -0.282. The van der Waals surface area contributed by atoms with Crippen molar-refractivity contribution in [3.8, 4) is 0 Å². The van der Waals surface area contributed by atoms with E-state index < -0.39 is 0 Å². The third kappa shape index (κ3) is 3.36. The maximum absolute atomic E-state index is 12.2. The zero-order valence-corrected chi connectivity index (χ0v) is 12.4. The van der Waals surface area contributed by atoms with Crippen LogP contribution in [0.25, 0.3) is 0 Å². The van der Waals surface area contributed by atoms with Gasteiger partial charge in [0.1, 0.15) is 6.10 Å². The average molecular weight is 304 g/mol. The first-order valence-corrected chi connectivity index (χ1v) is 7.60. The van der Waals surface area contributed by atoms with Crippen LogP contribution in [-0.2, 0) is 9.53 Å². The molecule has 0 saturated carbocycles. The molecule has 118 valence electrons. The molecular formula is C15H20N4O3. The minimum Gasteiger partial charge on any atom is -0.368 e. The van der Waals surface area contributed by atoms with E-state index >= 15 is 0 Å². The van der Waals surface area contributed by atoms with Gasteiger partial charge < -0.3 is 19.9 Å². The Labute approximate surface area is 129 Å². The number of aromatic nitrogens is 1. The van der Waals surface area contributed by atoms with Crippen LogP contribution in [0.2, 0.25) is 0 Å². The van der Waals surface area contributed by atoms with Crippen LogP contribution in [0.3, 0.4) is 0 Å². The number of urea groups is 1. The summed E-state index contributed by atoms with van der Waals surface area (Å²) in [6, 6.07) is 3.41. The van der Waals surface area contributed by atoms with Crippen molar-refractivity contribution in [2.45, 2.75) is 18.9 Å². The van der Waals surface area contributed by atoms with Crippen molar-refractivity contribution in [2.24, 2.45) is 0 Å². The predicted molar refractivity (Wildman–Crippen MR) is 80.4 cm³/mol. The van der Waals surface area contributed by atoms with Gasteiger partial charge in [0.2, 0.25) is 0 Å². The normalized spacial score (nSPS) is 21.7. The lowest BCUT2D eigenvalue weighted by atomic mass is 10.2. The predicted octanol–water partition coefficient (Wildman–Crippen LogP) is 0.937. The molecule has 0 spiro atoms. The molecule has 3 heterocycles. The molecule has 1 N–H and O–H groups in total. The molecule has 0 bridgehead atoms. The van der Waals surface area contributed by atoms with E-state index in [4.69, 9.17) is 4.74 Å². The molecule has 22 heavy (non-hydrogen) atoms. The smallest absolute Gasteiger partial charge is 0.322 e. The molecule has 1 aromatic heterocycles. The van der Waals surface area contributed by atoms with E-state index in [0.29, 0.717) is 38.5 Å². The molecule has 0 aliphatic carbocycles. The Kier molecular flexibility index (Phi) is 4.53. The number of nitrogens with one attached hydrogen (secondary N) is 1. The maximum atomic E-state index is 12.2. The fraction of sp³-hybridized carbons (Fsp3) is 0.533. The number of nitrogens with zero attached hydrogens (tertiary/aromatic N) is 3. The van der Waals surface area contributed by atoms with Crippen molar-refractivity contribution in [3.63, 3.8) is 0 Å². The summed E-state index contributed by atoms with van der Waals surface area (Å²) in [6.45, 7) is 2.84. The number of rotatable bonds is 2. The maximum Gasteiger partial charge on any atom is 0.322 e. The Morgan fingerprint density at radius 1 is 1.23 bits per heavy atom. The van der Waals surface area contributed by atoms with Crippen LogP contribution in [0.4, 0.5) is 10.5 Å². The quantitative estimate of drug-likeness (QED) is 0.882. The Morgan fingerprint density at radius 2 is 2.00 bits per heavy atom. The second kappa shape index (κ2) is 6.74. The summed E-state index contributed by atoms with van der Waals surface area (Å²) in [5, 5.41) is 2.81. The molecule has 2 aliphatic heterocycles. The number of piperazine rings is 1. The topological polar surface area (TPSA) is 74.8 Å². The molecule has 7 nitrogen and oxygen atoms in total. The van der Waals surface area contributed by atoms with Crippen molar-refractivity contribution in [3.05, 3.63) is 24.5 Å². The van der Waals surface area contributed by atoms with Crippen LogP contribution < -0.4 is 5.32 Å². The Hall–Kier alpha value is -2.15. The van der Waals surface area contributed by atoms with Gasteiger partial charge in [-0.1, -0.05) is 0 Å².